The van der Waals surface area contributed by atoms with E-state index in [4.69, 9.17) is 4.74 Å². The van der Waals surface area contributed by atoms with E-state index in [2.05, 4.69) is 22.5 Å². The van der Waals surface area contributed by atoms with Crippen LogP contribution in [0.4, 0.5) is 13.2 Å². The van der Waals surface area contributed by atoms with Gasteiger partial charge in [0, 0.05) is 25.3 Å². The Morgan fingerprint density at radius 3 is 2.57 bits per heavy atom. The number of aliphatic hydroxyl groups is 1. The van der Waals surface area contributed by atoms with Gasteiger partial charge in [0.15, 0.2) is 12.6 Å². The van der Waals surface area contributed by atoms with Crippen LogP contribution in [-0.2, 0) is 6.54 Å². The summed E-state index contributed by atoms with van der Waals surface area (Å²) in [6, 6.07) is 5.15. The van der Waals surface area contributed by atoms with Gasteiger partial charge in [0.25, 0.3) is 0 Å². The van der Waals surface area contributed by atoms with Crippen molar-refractivity contribution in [3.05, 3.63) is 29.3 Å². The largest absolute Gasteiger partial charge is 0.484 e. The second-order valence-corrected chi connectivity index (χ2v) is 6.76. The summed E-state index contributed by atoms with van der Waals surface area (Å²) in [6.07, 6.45) is -1.64. The smallest absolute Gasteiger partial charge is 0.422 e. The maximum atomic E-state index is 12.5. The Labute approximate surface area is 165 Å². The van der Waals surface area contributed by atoms with E-state index in [1.807, 2.05) is 13.0 Å². The zero-order valence-corrected chi connectivity index (χ0v) is 16.9. The summed E-state index contributed by atoms with van der Waals surface area (Å²) < 4.78 is 42.5. The number of aryl methyl sites for hydroxylation is 1. The van der Waals surface area contributed by atoms with Crippen LogP contribution in [0.3, 0.4) is 0 Å². The first kappa shape index (κ1) is 24.1. The van der Waals surface area contributed by atoms with Crippen molar-refractivity contribution in [1.29, 1.82) is 0 Å². The van der Waals surface area contributed by atoms with Gasteiger partial charge in [-0.2, -0.15) is 13.2 Å². The van der Waals surface area contributed by atoms with E-state index in [9.17, 15) is 18.3 Å². The fraction of sp³-hybridized carbons (Fsp3) is 0.650. The summed E-state index contributed by atoms with van der Waals surface area (Å²) in [5, 5.41) is 15.6. The molecule has 0 saturated carbocycles. The van der Waals surface area contributed by atoms with Gasteiger partial charge < -0.3 is 20.5 Å². The van der Waals surface area contributed by atoms with Crippen LogP contribution >= 0.6 is 0 Å². The molecule has 0 amide bonds. The minimum absolute atomic E-state index is 0.142. The van der Waals surface area contributed by atoms with Crippen LogP contribution in [0.25, 0.3) is 0 Å². The first-order chi connectivity index (χ1) is 13.3. The lowest BCUT2D eigenvalue weighted by molar-refractivity contribution is -0.153. The van der Waals surface area contributed by atoms with Crippen LogP contribution in [0.1, 0.15) is 44.2 Å². The van der Waals surface area contributed by atoms with Crippen LogP contribution in [0, 0.1) is 12.8 Å². The minimum atomic E-state index is -4.39. The summed E-state index contributed by atoms with van der Waals surface area (Å²) in [4.78, 5) is 4.48. The van der Waals surface area contributed by atoms with Gasteiger partial charge in [-0.1, -0.05) is 25.5 Å². The van der Waals surface area contributed by atoms with Crippen LogP contribution in [0.2, 0.25) is 0 Å². The Kier molecular flexibility index (Phi) is 10.7. The summed E-state index contributed by atoms with van der Waals surface area (Å²) in [5.74, 6) is 1.12. The molecule has 160 valence electrons. The number of hydrogen-bond acceptors (Lipinski definition) is 3. The topological polar surface area (TPSA) is 65.9 Å². The first-order valence-electron chi connectivity index (χ1n) is 9.71. The number of nitrogens with zero attached hydrogens (tertiary/aromatic N) is 1. The number of guanidine groups is 1. The number of benzene rings is 1. The molecular formula is C20H32F3N3O2. The van der Waals surface area contributed by atoms with Crippen molar-refractivity contribution in [3.8, 4) is 5.75 Å². The number of rotatable bonds is 11. The van der Waals surface area contributed by atoms with E-state index >= 15 is 0 Å². The zero-order valence-electron chi connectivity index (χ0n) is 16.9. The highest BCUT2D eigenvalue weighted by molar-refractivity contribution is 5.79. The molecule has 1 unspecified atom stereocenters. The van der Waals surface area contributed by atoms with Gasteiger partial charge in [0.1, 0.15) is 5.75 Å². The monoisotopic (exact) mass is 403 g/mol. The zero-order chi connectivity index (χ0) is 21.0. The van der Waals surface area contributed by atoms with Gasteiger partial charge in [0.2, 0.25) is 0 Å². The highest BCUT2D eigenvalue weighted by atomic mass is 19.4. The minimum Gasteiger partial charge on any atom is -0.484 e. The normalized spacial score (nSPS) is 13.3. The van der Waals surface area contributed by atoms with Crippen LogP contribution in [0.15, 0.2) is 23.2 Å². The molecule has 0 aliphatic heterocycles. The van der Waals surface area contributed by atoms with Crippen molar-refractivity contribution < 1.29 is 23.0 Å². The van der Waals surface area contributed by atoms with Gasteiger partial charge in [-0.05, 0) is 44.2 Å². The molecule has 1 aromatic rings. The summed E-state index contributed by atoms with van der Waals surface area (Å²) in [6.45, 7) is 6.19. The van der Waals surface area contributed by atoms with Gasteiger partial charge in [-0.3, -0.25) is 0 Å². The summed E-state index contributed by atoms with van der Waals surface area (Å²) in [5.41, 5.74) is 1.41. The first-order valence-corrected chi connectivity index (χ1v) is 9.71. The lowest BCUT2D eigenvalue weighted by Crippen LogP contribution is -2.40. The van der Waals surface area contributed by atoms with Gasteiger partial charge in [0.05, 0.1) is 6.54 Å². The molecule has 1 atom stereocenters. The molecular weight excluding hydrogens is 371 g/mol. The third-order valence-electron chi connectivity index (χ3n) is 4.16. The molecule has 5 nitrogen and oxygen atoms in total. The maximum absolute atomic E-state index is 12.5. The van der Waals surface area contributed by atoms with E-state index < -0.39 is 12.8 Å². The molecule has 3 N–H and O–H groups in total. The molecule has 0 aromatic heterocycles. The molecule has 1 rings (SSSR count). The average molecular weight is 403 g/mol. The number of aliphatic hydroxyl groups excluding tert-OH is 1. The van der Waals surface area contributed by atoms with Crippen molar-refractivity contribution >= 4 is 5.96 Å². The molecule has 0 bridgehead atoms. The van der Waals surface area contributed by atoms with Crippen molar-refractivity contribution in [2.45, 2.75) is 52.8 Å². The fourth-order valence-corrected chi connectivity index (χ4v) is 2.77. The second kappa shape index (κ2) is 12.5. The van der Waals surface area contributed by atoms with E-state index in [0.717, 1.165) is 18.4 Å². The third kappa shape index (κ3) is 9.82. The lowest BCUT2D eigenvalue weighted by atomic mass is 10.0. The summed E-state index contributed by atoms with van der Waals surface area (Å²) in [7, 11) is 0. The van der Waals surface area contributed by atoms with Crippen molar-refractivity contribution in [2.75, 3.05) is 26.3 Å². The number of aliphatic imine (C=N–C) groups is 1. The number of hydrogen-bond donors (Lipinski definition) is 3. The number of alkyl halides is 3. The van der Waals surface area contributed by atoms with E-state index in [1.54, 1.807) is 19.1 Å². The third-order valence-corrected chi connectivity index (χ3v) is 4.16. The van der Waals surface area contributed by atoms with Crippen molar-refractivity contribution in [1.82, 2.24) is 10.6 Å². The average Bonchev–Trinajstić information content (AvgIpc) is 2.63. The molecule has 0 aliphatic carbocycles. The Morgan fingerprint density at radius 2 is 1.96 bits per heavy atom. The molecule has 8 heteroatoms. The van der Waals surface area contributed by atoms with E-state index in [-0.39, 0.29) is 18.9 Å². The van der Waals surface area contributed by atoms with Gasteiger partial charge in [-0.15, -0.1) is 0 Å². The SMILES string of the molecule is CCCC(CCO)CNC(=NCc1ccc(C)cc1OCC(F)(F)F)NCC. The van der Waals surface area contributed by atoms with Gasteiger partial charge >= 0.3 is 6.18 Å². The van der Waals surface area contributed by atoms with Crippen LogP contribution < -0.4 is 15.4 Å². The Bertz CT molecular complexity index is 601. The molecule has 28 heavy (non-hydrogen) atoms. The number of nitrogens with one attached hydrogen (secondary N) is 2. The maximum Gasteiger partial charge on any atom is 0.422 e. The fourth-order valence-electron chi connectivity index (χ4n) is 2.77. The van der Waals surface area contributed by atoms with Gasteiger partial charge in [-0.25, -0.2) is 4.99 Å². The molecule has 0 radical (unpaired) electrons. The predicted octanol–water partition coefficient (Wildman–Crippen LogP) is 3.79. The quantitative estimate of drug-likeness (QED) is 0.389. The van der Waals surface area contributed by atoms with E-state index in [1.165, 1.54) is 0 Å². The second-order valence-electron chi connectivity index (χ2n) is 6.76. The van der Waals surface area contributed by atoms with Crippen LogP contribution in [-0.4, -0.2) is 43.5 Å². The summed E-state index contributed by atoms with van der Waals surface area (Å²) >= 11 is 0. The molecule has 0 heterocycles. The van der Waals surface area contributed by atoms with Crippen molar-refractivity contribution in [2.24, 2.45) is 10.9 Å². The Morgan fingerprint density at radius 1 is 1.21 bits per heavy atom. The molecule has 0 fully saturated rings. The highest BCUT2D eigenvalue weighted by Crippen LogP contribution is 2.24. The standard InChI is InChI=1S/C20H32F3N3O2/c1-4-6-16(9-10-27)12-25-19(24-5-2)26-13-17-8-7-15(3)11-18(17)28-14-20(21,22)23/h7-8,11,16,27H,4-6,9-10,12-14H2,1-3H3,(H2,24,25,26). The Balaban J connectivity index is 2.82. The molecule has 1 aromatic carbocycles. The Hall–Kier alpha value is -1.96. The predicted molar refractivity (Wildman–Crippen MR) is 106 cm³/mol. The number of ether oxygens (including phenoxy) is 1. The highest BCUT2D eigenvalue weighted by Gasteiger charge is 2.28. The molecule has 0 saturated heterocycles. The van der Waals surface area contributed by atoms with E-state index in [0.29, 0.717) is 37.0 Å². The lowest BCUT2D eigenvalue weighted by Gasteiger charge is -2.18. The molecule has 0 spiro atoms. The molecule has 0 aliphatic rings. The number of halogens is 3. The van der Waals surface area contributed by atoms with Crippen molar-refractivity contribution in [3.63, 3.8) is 0 Å². The van der Waals surface area contributed by atoms with Crippen LogP contribution in [0.5, 0.6) is 5.75 Å².